The van der Waals surface area contributed by atoms with E-state index < -0.39 is 0 Å². The van der Waals surface area contributed by atoms with Gasteiger partial charge in [-0.25, -0.2) is 9.97 Å². The Balaban J connectivity index is 2.05. The largest absolute Gasteiger partial charge is 0.388 e. The molecule has 2 rings (SSSR count). The fourth-order valence-corrected chi connectivity index (χ4v) is 2.33. The molecule has 0 saturated carbocycles. The fraction of sp³-hybridized carbons (Fsp3) is 0.615. The molecule has 1 saturated heterocycles. The van der Waals surface area contributed by atoms with Crippen LogP contribution in [0.2, 0.25) is 0 Å². The van der Waals surface area contributed by atoms with Crippen molar-refractivity contribution in [3.05, 3.63) is 18.0 Å². The Kier molecular flexibility index (Phi) is 4.01. The number of piperazine rings is 1. The maximum absolute atomic E-state index is 5.61. The van der Waals surface area contributed by atoms with Crippen LogP contribution in [0.1, 0.15) is 26.5 Å². The molecule has 0 radical (unpaired) electrons. The Bertz CT molecular complexity index is 460. The highest BCUT2D eigenvalue weighted by Gasteiger charge is 2.26. The molecule has 5 nitrogen and oxygen atoms in total. The minimum atomic E-state index is 0.216. The van der Waals surface area contributed by atoms with Gasteiger partial charge in [0.15, 0.2) is 0 Å². The first kappa shape index (κ1) is 14.1. The van der Waals surface area contributed by atoms with E-state index in [2.05, 4.69) is 40.5 Å². The van der Waals surface area contributed by atoms with Crippen LogP contribution in [-0.4, -0.2) is 51.6 Å². The van der Waals surface area contributed by atoms with Gasteiger partial charge < -0.3 is 10.6 Å². The summed E-state index contributed by atoms with van der Waals surface area (Å²) < 4.78 is 0. The molecule has 2 heterocycles. The van der Waals surface area contributed by atoms with Gasteiger partial charge in [-0.15, -0.1) is 0 Å². The molecule has 1 fully saturated rings. The normalized spacial score (nSPS) is 17.5. The van der Waals surface area contributed by atoms with E-state index in [-0.39, 0.29) is 5.54 Å². The van der Waals surface area contributed by atoms with Gasteiger partial charge in [-0.2, -0.15) is 0 Å². The van der Waals surface area contributed by atoms with Crippen molar-refractivity contribution in [1.82, 2.24) is 14.9 Å². The quantitative estimate of drug-likeness (QED) is 0.816. The van der Waals surface area contributed by atoms with Crippen LogP contribution in [0, 0.1) is 0 Å². The van der Waals surface area contributed by atoms with Crippen LogP contribution in [0.15, 0.2) is 12.3 Å². The first-order chi connectivity index (χ1) is 8.88. The van der Waals surface area contributed by atoms with Gasteiger partial charge in [-0.1, -0.05) is 12.2 Å². The molecule has 0 aromatic carbocycles. The predicted octanol–water partition coefficient (Wildman–Crippen LogP) is 1.03. The van der Waals surface area contributed by atoms with Crippen LogP contribution in [0.3, 0.4) is 0 Å². The summed E-state index contributed by atoms with van der Waals surface area (Å²) in [6.45, 7) is 10.6. The van der Waals surface area contributed by atoms with Gasteiger partial charge in [0, 0.05) is 37.9 Å². The van der Waals surface area contributed by atoms with Gasteiger partial charge in [0.1, 0.15) is 10.7 Å². The van der Waals surface area contributed by atoms with E-state index in [1.54, 1.807) is 12.3 Å². The average Bonchev–Trinajstić information content (AvgIpc) is 2.38. The van der Waals surface area contributed by atoms with E-state index in [1.165, 1.54) is 0 Å². The molecule has 1 aliphatic rings. The summed E-state index contributed by atoms with van der Waals surface area (Å²) in [5, 5.41) is 0. The lowest BCUT2D eigenvalue weighted by molar-refractivity contribution is 0.128. The van der Waals surface area contributed by atoms with E-state index in [0.29, 0.717) is 10.7 Å². The molecular formula is C13H21N5S. The highest BCUT2D eigenvalue weighted by atomic mass is 32.1. The second-order valence-corrected chi connectivity index (χ2v) is 6.19. The highest BCUT2D eigenvalue weighted by molar-refractivity contribution is 7.80. The number of nitrogens with zero attached hydrogens (tertiary/aromatic N) is 4. The molecular weight excluding hydrogens is 258 g/mol. The second-order valence-electron chi connectivity index (χ2n) is 5.75. The maximum atomic E-state index is 5.61. The van der Waals surface area contributed by atoms with Crippen molar-refractivity contribution in [2.75, 3.05) is 31.1 Å². The van der Waals surface area contributed by atoms with Crippen LogP contribution >= 0.6 is 12.2 Å². The minimum Gasteiger partial charge on any atom is -0.388 e. The molecule has 104 valence electrons. The van der Waals surface area contributed by atoms with Crippen molar-refractivity contribution < 1.29 is 0 Å². The molecule has 0 atom stereocenters. The Morgan fingerprint density at radius 1 is 1.26 bits per heavy atom. The zero-order chi connectivity index (χ0) is 14.0. The van der Waals surface area contributed by atoms with Crippen molar-refractivity contribution in [2.24, 2.45) is 5.73 Å². The van der Waals surface area contributed by atoms with E-state index >= 15 is 0 Å². The van der Waals surface area contributed by atoms with E-state index in [1.807, 2.05) is 0 Å². The summed E-state index contributed by atoms with van der Waals surface area (Å²) in [6, 6.07) is 1.75. The summed E-state index contributed by atoms with van der Waals surface area (Å²) in [6.07, 6.45) is 1.72. The zero-order valence-corrected chi connectivity index (χ0v) is 12.6. The molecule has 0 unspecified atom stereocenters. The van der Waals surface area contributed by atoms with E-state index in [0.717, 1.165) is 32.1 Å². The van der Waals surface area contributed by atoms with Crippen molar-refractivity contribution in [1.29, 1.82) is 0 Å². The SMILES string of the molecule is CC(C)(C)N1CCN(c2nccc(C(N)=S)n2)CC1. The Labute approximate surface area is 119 Å². The third-order valence-electron chi connectivity index (χ3n) is 3.41. The lowest BCUT2D eigenvalue weighted by Crippen LogP contribution is -2.53. The van der Waals surface area contributed by atoms with Gasteiger partial charge in [0.2, 0.25) is 5.95 Å². The van der Waals surface area contributed by atoms with Gasteiger partial charge in [-0.3, -0.25) is 4.90 Å². The molecule has 0 amide bonds. The Morgan fingerprint density at radius 3 is 2.42 bits per heavy atom. The van der Waals surface area contributed by atoms with Crippen LogP contribution in [0.5, 0.6) is 0 Å². The number of nitrogens with two attached hydrogens (primary N) is 1. The molecule has 6 heteroatoms. The summed E-state index contributed by atoms with van der Waals surface area (Å²) in [7, 11) is 0. The third-order valence-corrected chi connectivity index (χ3v) is 3.62. The lowest BCUT2D eigenvalue weighted by atomic mass is 10.1. The van der Waals surface area contributed by atoms with Gasteiger partial charge in [0.05, 0.1) is 0 Å². The smallest absolute Gasteiger partial charge is 0.226 e. The Morgan fingerprint density at radius 2 is 1.89 bits per heavy atom. The van der Waals surface area contributed by atoms with Gasteiger partial charge in [-0.05, 0) is 26.8 Å². The van der Waals surface area contributed by atoms with Crippen LogP contribution in [-0.2, 0) is 0 Å². The predicted molar refractivity (Wildman–Crippen MR) is 81.5 cm³/mol. The van der Waals surface area contributed by atoms with E-state index in [9.17, 15) is 0 Å². The zero-order valence-electron chi connectivity index (χ0n) is 11.8. The number of rotatable bonds is 2. The molecule has 19 heavy (non-hydrogen) atoms. The van der Waals surface area contributed by atoms with Gasteiger partial charge >= 0.3 is 0 Å². The summed E-state index contributed by atoms with van der Waals surface area (Å²) in [4.78, 5) is 13.7. The third kappa shape index (κ3) is 3.39. The van der Waals surface area contributed by atoms with Gasteiger partial charge in [0.25, 0.3) is 0 Å². The summed E-state index contributed by atoms with van der Waals surface area (Å²) in [5.41, 5.74) is 6.46. The first-order valence-corrected chi connectivity index (χ1v) is 6.91. The van der Waals surface area contributed by atoms with Crippen molar-refractivity contribution in [3.63, 3.8) is 0 Å². The molecule has 1 aromatic rings. The van der Waals surface area contributed by atoms with Crippen molar-refractivity contribution >= 4 is 23.2 Å². The maximum Gasteiger partial charge on any atom is 0.226 e. The van der Waals surface area contributed by atoms with Crippen molar-refractivity contribution in [3.8, 4) is 0 Å². The highest BCUT2D eigenvalue weighted by Crippen LogP contribution is 2.18. The van der Waals surface area contributed by atoms with Crippen molar-refractivity contribution in [2.45, 2.75) is 26.3 Å². The molecule has 0 aliphatic carbocycles. The molecule has 1 aliphatic heterocycles. The summed E-state index contributed by atoms with van der Waals surface area (Å²) in [5.74, 6) is 0.721. The van der Waals surface area contributed by atoms with Crippen LogP contribution in [0.25, 0.3) is 0 Å². The topological polar surface area (TPSA) is 58.3 Å². The molecule has 0 spiro atoms. The molecule has 0 bridgehead atoms. The first-order valence-electron chi connectivity index (χ1n) is 6.51. The fourth-order valence-electron chi connectivity index (χ4n) is 2.22. The monoisotopic (exact) mass is 279 g/mol. The minimum absolute atomic E-state index is 0.216. The standard InChI is InChI=1S/C13H21N5S/c1-13(2,3)18-8-6-17(7-9-18)12-15-5-4-10(16-12)11(14)19/h4-5H,6-9H2,1-3H3,(H2,14,19). The molecule has 2 N–H and O–H groups in total. The number of thiocarbonyl (C=S) groups is 1. The number of aromatic nitrogens is 2. The molecule has 1 aromatic heterocycles. The van der Waals surface area contributed by atoms with Crippen LogP contribution in [0.4, 0.5) is 5.95 Å². The Hall–Kier alpha value is -1.27. The second kappa shape index (κ2) is 5.38. The van der Waals surface area contributed by atoms with E-state index in [4.69, 9.17) is 18.0 Å². The summed E-state index contributed by atoms with van der Waals surface area (Å²) >= 11 is 4.95. The lowest BCUT2D eigenvalue weighted by Gasteiger charge is -2.42. The number of anilines is 1. The number of hydrogen-bond acceptors (Lipinski definition) is 5. The average molecular weight is 279 g/mol. The van der Waals surface area contributed by atoms with Crippen LogP contribution < -0.4 is 10.6 Å². The number of hydrogen-bond donors (Lipinski definition) is 1.